The van der Waals surface area contributed by atoms with Crippen LogP contribution in [0.25, 0.3) is 0 Å². The molecule has 2 heteroatoms. The molecule has 0 heterocycles. The van der Waals surface area contributed by atoms with Gasteiger partial charge in [0.1, 0.15) is 0 Å². The Morgan fingerprint density at radius 3 is 2.59 bits per heavy atom. The van der Waals surface area contributed by atoms with Gasteiger partial charge in [-0.05, 0) is 32.1 Å². The van der Waals surface area contributed by atoms with Crippen LogP contribution in [0.3, 0.4) is 0 Å². The molecule has 2 aliphatic rings. The van der Waals surface area contributed by atoms with Crippen LogP contribution in [0, 0.1) is 0 Å². The van der Waals surface area contributed by atoms with Crippen LogP contribution in [-0.2, 0) is 0 Å². The maximum atomic E-state index is 10.1. The van der Waals surface area contributed by atoms with Gasteiger partial charge in [-0.3, -0.25) is 0 Å². The van der Waals surface area contributed by atoms with Crippen LogP contribution >= 0.6 is 0 Å². The third-order valence-corrected chi connectivity index (χ3v) is 4.16. The molecule has 1 fully saturated rings. The van der Waals surface area contributed by atoms with E-state index in [0.717, 1.165) is 12.8 Å². The quantitative estimate of drug-likeness (QED) is 0.571. The molecular formula is C15H27NO. The molecule has 2 N–H and O–H groups in total. The van der Waals surface area contributed by atoms with Crippen molar-refractivity contribution in [3.63, 3.8) is 0 Å². The molecule has 0 amide bonds. The number of nitrogens with one attached hydrogen (secondary N) is 1. The van der Waals surface area contributed by atoms with Gasteiger partial charge < -0.3 is 10.4 Å². The van der Waals surface area contributed by atoms with Crippen LogP contribution in [0.4, 0.5) is 0 Å². The second-order valence-electron chi connectivity index (χ2n) is 5.65. The summed E-state index contributed by atoms with van der Waals surface area (Å²) in [7, 11) is 0. The molecule has 17 heavy (non-hydrogen) atoms. The lowest BCUT2D eigenvalue weighted by Gasteiger charge is -2.27. The predicted octanol–water partition coefficient (Wildman–Crippen LogP) is 3.16. The average molecular weight is 237 g/mol. The lowest BCUT2D eigenvalue weighted by atomic mass is 9.99. The summed E-state index contributed by atoms with van der Waals surface area (Å²) >= 11 is 0. The summed E-state index contributed by atoms with van der Waals surface area (Å²) in [5.41, 5.74) is 0. The van der Waals surface area contributed by atoms with Gasteiger partial charge in [0.25, 0.3) is 0 Å². The fourth-order valence-corrected chi connectivity index (χ4v) is 3.06. The van der Waals surface area contributed by atoms with Crippen molar-refractivity contribution in [1.29, 1.82) is 0 Å². The first kappa shape index (κ1) is 13.1. The van der Waals surface area contributed by atoms with Gasteiger partial charge in [-0.25, -0.2) is 0 Å². The Balaban J connectivity index is 1.86. The molecule has 0 spiro atoms. The van der Waals surface area contributed by atoms with Crippen molar-refractivity contribution in [2.45, 2.75) is 82.4 Å². The molecule has 0 saturated heterocycles. The number of allylic oxidation sites excluding steroid dienone is 1. The highest BCUT2D eigenvalue weighted by Crippen LogP contribution is 2.20. The molecular weight excluding hydrogens is 210 g/mol. The highest BCUT2D eigenvalue weighted by Gasteiger charge is 2.23. The zero-order valence-corrected chi connectivity index (χ0v) is 10.9. The molecule has 2 nitrogen and oxygen atoms in total. The number of aliphatic hydroxyl groups excluding tert-OH is 1. The van der Waals surface area contributed by atoms with Crippen LogP contribution in [0.2, 0.25) is 0 Å². The fraction of sp³-hybridized carbons (Fsp3) is 0.867. The molecule has 0 aromatic heterocycles. The minimum absolute atomic E-state index is 0.128. The minimum atomic E-state index is -0.128. The Kier molecular flexibility index (Phi) is 5.53. The van der Waals surface area contributed by atoms with E-state index in [9.17, 15) is 5.11 Å². The Bertz CT molecular complexity index is 239. The van der Waals surface area contributed by atoms with Crippen molar-refractivity contribution in [2.75, 3.05) is 0 Å². The highest BCUT2D eigenvalue weighted by atomic mass is 16.3. The molecule has 0 aromatic rings. The molecule has 3 unspecified atom stereocenters. The highest BCUT2D eigenvalue weighted by molar-refractivity contribution is 4.97. The Morgan fingerprint density at radius 2 is 1.65 bits per heavy atom. The van der Waals surface area contributed by atoms with Gasteiger partial charge in [-0.1, -0.05) is 44.3 Å². The summed E-state index contributed by atoms with van der Waals surface area (Å²) in [6.45, 7) is 0. The van der Waals surface area contributed by atoms with Crippen molar-refractivity contribution in [3.8, 4) is 0 Å². The van der Waals surface area contributed by atoms with Crippen molar-refractivity contribution < 1.29 is 5.11 Å². The van der Waals surface area contributed by atoms with Gasteiger partial charge in [0.2, 0.25) is 0 Å². The number of rotatable bonds is 2. The summed E-state index contributed by atoms with van der Waals surface area (Å²) in [6.07, 6.45) is 16.9. The first-order valence-electron chi connectivity index (χ1n) is 7.47. The number of aliphatic hydroxyl groups is 1. The molecule has 0 aliphatic heterocycles. The normalized spacial score (nSPS) is 37.8. The zero-order chi connectivity index (χ0) is 11.9. The van der Waals surface area contributed by atoms with E-state index in [-0.39, 0.29) is 6.10 Å². The molecule has 0 radical (unpaired) electrons. The third kappa shape index (κ3) is 4.44. The molecule has 98 valence electrons. The van der Waals surface area contributed by atoms with Crippen molar-refractivity contribution in [2.24, 2.45) is 0 Å². The fourth-order valence-electron chi connectivity index (χ4n) is 3.06. The van der Waals surface area contributed by atoms with E-state index < -0.39 is 0 Å². The summed E-state index contributed by atoms with van der Waals surface area (Å²) in [5.74, 6) is 0. The van der Waals surface area contributed by atoms with Gasteiger partial charge >= 0.3 is 0 Å². The summed E-state index contributed by atoms with van der Waals surface area (Å²) in [5, 5.41) is 13.8. The van der Waals surface area contributed by atoms with Crippen LogP contribution in [0.5, 0.6) is 0 Å². The Labute approximate surface area is 105 Å². The van der Waals surface area contributed by atoms with Crippen LogP contribution in [-0.4, -0.2) is 23.3 Å². The molecule has 0 bridgehead atoms. The Hall–Kier alpha value is -0.340. The van der Waals surface area contributed by atoms with Gasteiger partial charge in [-0.15, -0.1) is 0 Å². The van der Waals surface area contributed by atoms with E-state index in [0.29, 0.717) is 12.1 Å². The number of hydrogen-bond acceptors (Lipinski definition) is 2. The topological polar surface area (TPSA) is 32.3 Å². The van der Waals surface area contributed by atoms with E-state index in [1.54, 1.807) is 0 Å². The Morgan fingerprint density at radius 1 is 0.882 bits per heavy atom. The van der Waals surface area contributed by atoms with Gasteiger partial charge in [0.15, 0.2) is 0 Å². The lowest BCUT2D eigenvalue weighted by Crippen LogP contribution is -2.44. The molecule has 3 atom stereocenters. The maximum Gasteiger partial charge on any atom is 0.0693 e. The molecule has 2 aliphatic carbocycles. The summed E-state index contributed by atoms with van der Waals surface area (Å²) in [6, 6.07) is 0.819. The first-order valence-corrected chi connectivity index (χ1v) is 7.47. The molecule has 1 saturated carbocycles. The second-order valence-corrected chi connectivity index (χ2v) is 5.65. The average Bonchev–Trinajstić information content (AvgIpc) is 2.48. The third-order valence-electron chi connectivity index (χ3n) is 4.16. The van der Waals surface area contributed by atoms with Crippen molar-refractivity contribution in [1.82, 2.24) is 5.32 Å². The van der Waals surface area contributed by atoms with Crippen LogP contribution < -0.4 is 5.32 Å². The van der Waals surface area contributed by atoms with E-state index in [4.69, 9.17) is 0 Å². The molecule has 2 rings (SSSR count). The monoisotopic (exact) mass is 237 g/mol. The van der Waals surface area contributed by atoms with Crippen molar-refractivity contribution in [3.05, 3.63) is 12.2 Å². The van der Waals surface area contributed by atoms with Crippen LogP contribution in [0.15, 0.2) is 12.2 Å². The van der Waals surface area contributed by atoms with Gasteiger partial charge in [0, 0.05) is 12.1 Å². The smallest absolute Gasteiger partial charge is 0.0693 e. The van der Waals surface area contributed by atoms with E-state index in [1.165, 1.54) is 51.4 Å². The summed E-state index contributed by atoms with van der Waals surface area (Å²) in [4.78, 5) is 0. The first-order chi connectivity index (χ1) is 8.36. The summed E-state index contributed by atoms with van der Waals surface area (Å²) < 4.78 is 0. The standard InChI is InChI=1S/C15H27NO/c17-15-12-8-4-7-11-14(15)16-13-9-5-2-1-3-6-10-13/h5,9,13-17H,1-4,6-8,10-12H2/b9-5+. The van der Waals surface area contributed by atoms with Gasteiger partial charge in [-0.2, -0.15) is 0 Å². The van der Waals surface area contributed by atoms with E-state index in [1.807, 2.05) is 0 Å². The number of hydrogen-bond donors (Lipinski definition) is 2. The SMILES string of the molecule is OC1CCCCCC1NC1/C=C/CCCCC1. The van der Waals surface area contributed by atoms with Crippen molar-refractivity contribution >= 4 is 0 Å². The van der Waals surface area contributed by atoms with E-state index >= 15 is 0 Å². The maximum absolute atomic E-state index is 10.1. The predicted molar refractivity (Wildman–Crippen MR) is 72.0 cm³/mol. The minimum Gasteiger partial charge on any atom is -0.392 e. The largest absolute Gasteiger partial charge is 0.392 e. The van der Waals surface area contributed by atoms with Crippen LogP contribution in [0.1, 0.15) is 64.2 Å². The zero-order valence-electron chi connectivity index (χ0n) is 10.9. The van der Waals surface area contributed by atoms with Gasteiger partial charge in [0.05, 0.1) is 6.10 Å². The molecule has 0 aromatic carbocycles. The second kappa shape index (κ2) is 7.17. The lowest BCUT2D eigenvalue weighted by molar-refractivity contribution is 0.115. The van der Waals surface area contributed by atoms with E-state index in [2.05, 4.69) is 17.5 Å².